The number of halogens is 9. The fourth-order valence-corrected chi connectivity index (χ4v) is 2.67. The predicted molar refractivity (Wildman–Crippen MR) is 103 cm³/mol. The summed E-state index contributed by atoms with van der Waals surface area (Å²) in [5.41, 5.74) is 0. The quantitative estimate of drug-likeness (QED) is 0.188. The molecule has 0 heterocycles. The molecule has 0 amide bonds. The zero-order chi connectivity index (χ0) is 27.2. The van der Waals surface area contributed by atoms with Gasteiger partial charge in [0, 0.05) is 0 Å². The Morgan fingerprint density at radius 3 is 1.83 bits per heavy atom. The van der Waals surface area contributed by atoms with Crippen LogP contribution in [0.4, 0.5) is 39.5 Å². The Morgan fingerprint density at radius 1 is 0.829 bits per heavy atom. The van der Waals surface area contributed by atoms with Gasteiger partial charge in [-0.1, -0.05) is 20.8 Å². The maximum atomic E-state index is 13.4. The van der Waals surface area contributed by atoms with E-state index in [0.717, 1.165) is 0 Å². The van der Waals surface area contributed by atoms with Crippen LogP contribution >= 0.6 is 0 Å². The van der Waals surface area contributed by atoms with Crippen molar-refractivity contribution in [3.05, 3.63) is 24.3 Å². The predicted octanol–water partition coefficient (Wildman–Crippen LogP) is 6.05. The number of carbonyl (C=O) groups excluding carboxylic acids is 2. The number of esters is 2. The summed E-state index contributed by atoms with van der Waals surface area (Å²) in [5.74, 6) is -21.4. The van der Waals surface area contributed by atoms with E-state index in [0.29, 0.717) is 6.42 Å². The molecule has 0 fully saturated rings. The first-order valence-corrected chi connectivity index (χ1v) is 10.1. The third-order valence-corrected chi connectivity index (χ3v) is 4.52. The smallest absolute Gasteiger partial charge is 0.460 e. The van der Waals surface area contributed by atoms with E-state index in [1.54, 1.807) is 6.92 Å². The normalized spacial score (nSPS) is 14.0. The Kier molecular flexibility index (Phi) is 9.87. The van der Waals surface area contributed by atoms with Gasteiger partial charge in [0.1, 0.15) is 11.5 Å². The van der Waals surface area contributed by atoms with E-state index in [1.165, 1.54) is 24.3 Å². The lowest BCUT2D eigenvalue weighted by Gasteiger charge is -2.33. The van der Waals surface area contributed by atoms with Crippen molar-refractivity contribution in [1.29, 1.82) is 0 Å². The maximum Gasteiger partial charge on any atom is 0.460 e. The van der Waals surface area contributed by atoms with Crippen molar-refractivity contribution in [2.75, 3.05) is 13.2 Å². The van der Waals surface area contributed by atoms with Crippen molar-refractivity contribution in [2.24, 2.45) is 11.8 Å². The molecule has 0 N–H and O–H groups in total. The van der Waals surface area contributed by atoms with Gasteiger partial charge in [-0.05, 0) is 36.6 Å². The molecule has 1 aromatic carbocycles. The topological polar surface area (TPSA) is 61.8 Å². The van der Waals surface area contributed by atoms with Crippen molar-refractivity contribution in [2.45, 2.75) is 57.6 Å². The zero-order valence-electron chi connectivity index (χ0n) is 18.7. The van der Waals surface area contributed by atoms with Crippen molar-refractivity contribution >= 4 is 11.9 Å². The molecule has 1 unspecified atom stereocenters. The summed E-state index contributed by atoms with van der Waals surface area (Å²) in [7, 11) is 0. The molecule has 5 nitrogen and oxygen atoms in total. The lowest BCUT2D eigenvalue weighted by Crippen LogP contribution is -2.61. The second kappa shape index (κ2) is 11.4. The van der Waals surface area contributed by atoms with Crippen LogP contribution in [0.1, 0.15) is 33.6 Å². The molecule has 0 aliphatic carbocycles. The first-order valence-electron chi connectivity index (χ1n) is 10.1. The van der Waals surface area contributed by atoms with E-state index in [1.807, 2.05) is 13.8 Å². The lowest BCUT2D eigenvalue weighted by atomic mass is 9.99. The van der Waals surface area contributed by atoms with Gasteiger partial charge in [-0.15, -0.1) is 0 Å². The van der Waals surface area contributed by atoms with Crippen LogP contribution in [-0.4, -0.2) is 49.1 Å². The van der Waals surface area contributed by atoms with Crippen molar-refractivity contribution in [1.82, 2.24) is 0 Å². The zero-order valence-corrected chi connectivity index (χ0v) is 18.7. The Balaban J connectivity index is 2.54. The molecule has 1 rings (SSSR count). The van der Waals surface area contributed by atoms with E-state index >= 15 is 0 Å². The molecular formula is C21H23F9O5. The van der Waals surface area contributed by atoms with E-state index in [-0.39, 0.29) is 23.3 Å². The van der Waals surface area contributed by atoms with Crippen LogP contribution in [0.3, 0.4) is 0 Å². The molecule has 1 atom stereocenters. The molecule has 0 spiro atoms. The number of benzene rings is 1. The van der Waals surface area contributed by atoms with E-state index in [4.69, 9.17) is 9.47 Å². The SMILES string of the molecule is CC(C)CC(C)C(=O)Oc1ccc(OCC(=O)OCCC(F)(F)C(F)(F)C(F)(F)C(F)(F)F)cc1. The average molecular weight is 526 g/mol. The third kappa shape index (κ3) is 7.92. The minimum Gasteiger partial charge on any atom is -0.482 e. The summed E-state index contributed by atoms with van der Waals surface area (Å²) in [6.07, 6.45) is -8.62. The second-order valence-electron chi connectivity index (χ2n) is 8.03. The van der Waals surface area contributed by atoms with Gasteiger partial charge in [0.15, 0.2) is 6.61 Å². The molecule has 0 saturated carbocycles. The van der Waals surface area contributed by atoms with Gasteiger partial charge in [0.25, 0.3) is 0 Å². The highest BCUT2D eigenvalue weighted by Crippen LogP contribution is 2.53. The molecule has 35 heavy (non-hydrogen) atoms. The fourth-order valence-electron chi connectivity index (χ4n) is 2.67. The first kappa shape index (κ1) is 30.4. The molecule has 0 saturated heterocycles. The Morgan fingerprint density at radius 2 is 1.34 bits per heavy atom. The van der Waals surface area contributed by atoms with Crippen LogP contribution in [0.25, 0.3) is 0 Å². The van der Waals surface area contributed by atoms with Gasteiger partial charge < -0.3 is 14.2 Å². The van der Waals surface area contributed by atoms with Gasteiger partial charge in [0.05, 0.1) is 18.9 Å². The Labute approximate surface area is 194 Å². The van der Waals surface area contributed by atoms with Gasteiger partial charge in [-0.25, -0.2) is 4.79 Å². The number of rotatable bonds is 12. The van der Waals surface area contributed by atoms with Crippen LogP contribution in [0.15, 0.2) is 24.3 Å². The lowest BCUT2D eigenvalue weighted by molar-refractivity contribution is -0.397. The molecular weight excluding hydrogens is 503 g/mol. The molecule has 0 bridgehead atoms. The first-order chi connectivity index (χ1) is 15.8. The average Bonchev–Trinajstić information content (AvgIpc) is 2.71. The summed E-state index contributed by atoms with van der Waals surface area (Å²) in [6.45, 7) is 3.07. The van der Waals surface area contributed by atoms with Gasteiger partial charge in [-0.2, -0.15) is 39.5 Å². The van der Waals surface area contributed by atoms with Crippen molar-refractivity contribution in [3.8, 4) is 11.5 Å². The summed E-state index contributed by atoms with van der Waals surface area (Å²) < 4.78 is 129. The molecule has 0 aromatic heterocycles. The second-order valence-corrected chi connectivity index (χ2v) is 8.03. The number of carbonyl (C=O) groups is 2. The monoisotopic (exact) mass is 526 g/mol. The number of hydrogen-bond donors (Lipinski definition) is 0. The number of hydrogen-bond acceptors (Lipinski definition) is 5. The van der Waals surface area contributed by atoms with Gasteiger partial charge in [0.2, 0.25) is 0 Å². The summed E-state index contributed by atoms with van der Waals surface area (Å²) >= 11 is 0. The molecule has 14 heteroatoms. The van der Waals surface area contributed by atoms with Crippen LogP contribution in [0, 0.1) is 11.8 Å². The highest BCUT2D eigenvalue weighted by atomic mass is 19.4. The van der Waals surface area contributed by atoms with E-state index in [2.05, 4.69) is 4.74 Å². The standard InChI is InChI=1S/C21H23F9O5/c1-12(2)10-13(3)17(32)35-15-6-4-14(5-7-15)34-11-16(31)33-9-8-18(22,23)19(24,25)20(26,27)21(28,29)30/h4-7,12-13H,8-11H2,1-3H3. The summed E-state index contributed by atoms with van der Waals surface area (Å²) in [4.78, 5) is 23.5. The van der Waals surface area contributed by atoms with Crippen LogP contribution in [-0.2, 0) is 14.3 Å². The van der Waals surface area contributed by atoms with Gasteiger partial charge in [-0.3, -0.25) is 4.79 Å². The fraction of sp³-hybridized carbons (Fsp3) is 0.619. The number of alkyl halides is 9. The highest BCUT2D eigenvalue weighted by molar-refractivity contribution is 5.74. The van der Waals surface area contributed by atoms with Crippen LogP contribution < -0.4 is 9.47 Å². The molecule has 200 valence electrons. The minimum absolute atomic E-state index is 0.0265. The summed E-state index contributed by atoms with van der Waals surface area (Å²) in [5, 5.41) is 0. The maximum absolute atomic E-state index is 13.4. The molecule has 0 aliphatic rings. The van der Waals surface area contributed by atoms with Crippen molar-refractivity contribution in [3.63, 3.8) is 0 Å². The van der Waals surface area contributed by atoms with Gasteiger partial charge >= 0.3 is 35.9 Å². The third-order valence-electron chi connectivity index (χ3n) is 4.52. The van der Waals surface area contributed by atoms with E-state index in [9.17, 15) is 49.1 Å². The number of ether oxygens (including phenoxy) is 3. The Bertz CT molecular complexity index is 852. The molecule has 0 aliphatic heterocycles. The van der Waals surface area contributed by atoms with E-state index < -0.39 is 55.5 Å². The molecule has 1 aromatic rings. The highest BCUT2D eigenvalue weighted by Gasteiger charge is 2.81. The minimum atomic E-state index is -7.01. The molecule has 0 radical (unpaired) electrons. The largest absolute Gasteiger partial charge is 0.482 e. The van der Waals surface area contributed by atoms with Crippen LogP contribution in [0.5, 0.6) is 11.5 Å². The van der Waals surface area contributed by atoms with Crippen molar-refractivity contribution < 1.29 is 63.3 Å². The summed E-state index contributed by atoms with van der Waals surface area (Å²) in [6, 6.07) is 5.20. The van der Waals surface area contributed by atoms with Crippen LogP contribution in [0.2, 0.25) is 0 Å². The Hall–Kier alpha value is -2.67.